The van der Waals surface area contributed by atoms with Crippen LogP contribution in [0.3, 0.4) is 0 Å². The zero-order valence-corrected chi connectivity index (χ0v) is 19.0. The smallest absolute Gasteiger partial charge is 0.227 e. The molecule has 29 heavy (non-hydrogen) atoms. The molecule has 0 aliphatic carbocycles. The van der Waals surface area contributed by atoms with Gasteiger partial charge in [0.05, 0.1) is 24.8 Å². The summed E-state index contributed by atoms with van der Waals surface area (Å²) in [6.45, 7) is 8.82. The van der Waals surface area contributed by atoms with Gasteiger partial charge in [-0.05, 0) is 34.0 Å². The first-order valence-corrected chi connectivity index (χ1v) is 11.5. The largest absolute Gasteiger partial charge is 0.379 e. The molecule has 2 amide bonds. The second-order valence-electron chi connectivity index (χ2n) is 7.89. The molecule has 2 fully saturated rings. The number of rotatable bonds is 8. The molecule has 0 spiro atoms. The minimum absolute atomic E-state index is 0.00164. The number of carbonyl (C=O) groups excluding carboxylic acids is 2. The number of ether oxygens (including phenoxy) is 1. The molecule has 2 atom stereocenters. The topological polar surface area (TPSA) is 61.9 Å². The number of halogens is 1. The average molecular weight is 466 g/mol. The molecule has 1 N–H and O–H groups in total. The van der Waals surface area contributed by atoms with E-state index >= 15 is 0 Å². The van der Waals surface area contributed by atoms with E-state index in [0.29, 0.717) is 25.0 Å². The molecule has 0 aromatic heterocycles. The Morgan fingerprint density at radius 2 is 1.93 bits per heavy atom. The number of hydrogen-bond acceptors (Lipinski definition) is 4. The van der Waals surface area contributed by atoms with Crippen molar-refractivity contribution in [3.63, 3.8) is 0 Å². The molecule has 6 nitrogen and oxygen atoms in total. The van der Waals surface area contributed by atoms with E-state index in [-0.39, 0.29) is 24.2 Å². The maximum absolute atomic E-state index is 12.9. The Hall–Kier alpha value is -1.44. The van der Waals surface area contributed by atoms with Gasteiger partial charge in [0.2, 0.25) is 11.8 Å². The van der Waals surface area contributed by atoms with Crippen LogP contribution in [-0.4, -0.2) is 62.1 Å². The van der Waals surface area contributed by atoms with Gasteiger partial charge in [-0.1, -0.05) is 38.8 Å². The van der Waals surface area contributed by atoms with Crippen molar-refractivity contribution in [1.82, 2.24) is 10.2 Å². The van der Waals surface area contributed by atoms with Gasteiger partial charge in [0.15, 0.2) is 0 Å². The van der Waals surface area contributed by atoms with E-state index in [4.69, 9.17) is 4.74 Å². The Morgan fingerprint density at radius 1 is 1.24 bits per heavy atom. The zero-order valence-electron chi connectivity index (χ0n) is 17.4. The fourth-order valence-corrected chi connectivity index (χ4v) is 4.97. The number of benzene rings is 1. The van der Waals surface area contributed by atoms with Crippen LogP contribution in [0, 0.1) is 11.8 Å². The standard InChI is InChI=1S/C22H32BrN3O3/c1-3-16(4-2)20(25-9-11-29-12-10-25)14-24-22(28)17-13-21(27)26(15-17)19-8-6-5-7-18(19)23/h5-8,16-17,20H,3-4,9-15H2,1-2H3,(H,24,28). The highest BCUT2D eigenvalue weighted by molar-refractivity contribution is 9.10. The molecule has 2 aliphatic heterocycles. The molecule has 1 aromatic rings. The second-order valence-corrected chi connectivity index (χ2v) is 8.75. The van der Waals surface area contributed by atoms with E-state index in [1.807, 2.05) is 24.3 Å². The van der Waals surface area contributed by atoms with Crippen LogP contribution in [0.2, 0.25) is 0 Å². The van der Waals surface area contributed by atoms with Gasteiger partial charge in [-0.2, -0.15) is 0 Å². The van der Waals surface area contributed by atoms with Crippen molar-refractivity contribution in [2.45, 2.75) is 39.2 Å². The number of hydrogen-bond donors (Lipinski definition) is 1. The van der Waals surface area contributed by atoms with Gasteiger partial charge in [-0.15, -0.1) is 0 Å². The van der Waals surface area contributed by atoms with Gasteiger partial charge in [0, 0.05) is 43.1 Å². The fourth-order valence-electron chi connectivity index (χ4n) is 4.47. The lowest BCUT2D eigenvalue weighted by molar-refractivity contribution is -0.126. The summed E-state index contributed by atoms with van der Waals surface area (Å²) in [4.78, 5) is 29.6. The van der Waals surface area contributed by atoms with Crippen LogP contribution in [-0.2, 0) is 14.3 Å². The first-order valence-electron chi connectivity index (χ1n) is 10.7. The van der Waals surface area contributed by atoms with Crippen LogP contribution in [0.5, 0.6) is 0 Å². The molecule has 1 aromatic carbocycles. The summed E-state index contributed by atoms with van der Waals surface area (Å²) < 4.78 is 6.37. The quantitative estimate of drug-likeness (QED) is 0.640. The van der Waals surface area contributed by atoms with E-state index < -0.39 is 0 Å². The molecule has 0 saturated carbocycles. The number of para-hydroxylation sites is 1. The monoisotopic (exact) mass is 465 g/mol. The molecule has 7 heteroatoms. The summed E-state index contributed by atoms with van der Waals surface area (Å²) in [5.41, 5.74) is 0.830. The molecular weight excluding hydrogens is 434 g/mol. The van der Waals surface area contributed by atoms with Crippen LogP contribution in [0.4, 0.5) is 5.69 Å². The van der Waals surface area contributed by atoms with Crippen LogP contribution >= 0.6 is 15.9 Å². The van der Waals surface area contributed by atoms with E-state index in [0.717, 1.165) is 49.3 Å². The Morgan fingerprint density at radius 3 is 2.59 bits per heavy atom. The summed E-state index contributed by atoms with van der Waals surface area (Å²) in [7, 11) is 0. The highest BCUT2D eigenvalue weighted by atomic mass is 79.9. The fraction of sp³-hybridized carbons (Fsp3) is 0.636. The Bertz CT molecular complexity index is 704. The normalized spacial score (nSPS) is 21.6. The Labute approximate surface area is 182 Å². The minimum Gasteiger partial charge on any atom is -0.379 e. The maximum atomic E-state index is 12.9. The SMILES string of the molecule is CCC(CC)C(CNC(=O)C1CC(=O)N(c2ccccc2Br)C1)N1CCOCC1. The van der Waals surface area contributed by atoms with Gasteiger partial charge < -0.3 is 15.0 Å². The first-order chi connectivity index (χ1) is 14.0. The lowest BCUT2D eigenvalue weighted by Gasteiger charge is -2.39. The van der Waals surface area contributed by atoms with E-state index in [2.05, 4.69) is 40.0 Å². The highest BCUT2D eigenvalue weighted by Crippen LogP contribution is 2.31. The van der Waals surface area contributed by atoms with Crippen molar-refractivity contribution in [3.05, 3.63) is 28.7 Å². The molecule has 160 valence electrons. The van der Waals surface area contributed by atoms with Crippen LogP contribution in [0.25, 0.3) is 0 Å². The maximum Gasteiger partial charge on any atom is 0.227 e. The number of carbonyl (C=O) groups is 2. The molecule has 2 heterocycles. The number of nitrogens with zero attached hydrogens (tertiary/aromatic N) is 2. The van der Waals surface area contributed by atoms with Crippen molar-refractivity contribution >= 4 is 33.4 Å². The van der Waals surface area contributed by atoms with Gasteiger partial charge in [0.1, 0.15) is 0 Å². The van der Waals surface area contributed by atoms with Crippen LogP contribution < -0.4 is 10.2 Å². The third-order valence-electron chi connectivity index (χ3n) is 6.23. The summed E-state index contributed by atoms with van der Waals surface area (Å²) in [5, 5.41) is 3.17. The van der Waals surface area contributed by atoms with Crippen molar-refractivity contribution in [2.24, 2.45) is 11.8 Å². The summed E-state index contributed by atoms with van der Waals surface area (Å²) in [6, 6.07) is 7.96. The average Bonchev–Trinajstić information content (AvgIpc) is 3.13. The van der Waals surface area contributed by atoms with E-state index in [1.54, 1.807) is 4.90 Å². The van der Waals surface area contributed by atoms with Gasteiger partial charge in [-0.25, -0.2) is 0 Å². The molecule has 2 unspecified atom stereocenters. The summed E-state index contributed by atoms with van der Waals surface area (Å²) >= 11 is 3.51. The number of anilines is 1. The Kier molecular flexibility index (Phi) is 8.09. The minimum atomic E-state index is -0.304. The van der Waals surface area contributed by atoms with Gasteiger partial charge in [0.25, 0.3) is 0 Å². The Balaban J connectivity index is 1.61. The van der Waals surface area contributed by atoms with E-state index in [1.165, 1.54) is 0 Å². The molecule has 0 bridgehead atoms. The lowest BCUT2D eigenvalue weighted by Crippen LogP contribution is -2.52. The van der Waals surface area contributed by atoms with Crippen molar-refractivity contribution in [2.75, 3.05) is 44.3 Å². The first kappa shape index (κ1) is 22.2. The highest BCUT2D eigenvalue weighted by Gasteiger charge is 2.36. The van der Waals surface area contributed by atoms with Crippen LogP contribution in [0.15, 0.2) is 28.7 Å². The number of morpholine rings is 1. The van der Waals surface area contributed by atoms with Crippen LogP contribution in [0.1, 0.15) is 33.1 Å². The van der Waals surface area contributed by atoms with Crippen molar-refractivity contribution < 1.29 is 14.3 Å². The summed E-state index contributed by atoms with van der Waals surface area (Å²) in [5.74, 6) is 0.218. The lowest BCUT2D eigenvalue weighted by atomic mass is 9.92. The number of amides is 2. The van der Waals surface area contributed by atoms with Gasteiger partial charge >= 0.3 is 0 Å². The molecule has 0 radical (unpaired) electrons. The van der Waals surface area contributed by atoms with Crippen molar-refractivity contribution in [1.29, 1.82) is 0 Å². The number of nitrogens with one attached hydrogen (secondary N) is 1. The molecule has 2 aliphatic rings. The third kappa shape index (κ3) is 5.38. The molecule has 2 saturated heterocycles. The zero-order chi connectivity index (χ0) is 20.8. The second kappa shape index (κ2) is 10.5. The van der Waals surface area contributed by atoms with Gasteiger partial charge in [-0.3, -0.25) is 14.5 Å². The predicted molar refractivity (Wildman–Crippen MR) is 118 cm³/mol. The van der Waals surface area contributed by atoms with E-state index in [9.17, 15) is 9.59 Å². The van der Waals surface area contributed by atoms with Crippen molar-refractivity contribution in [3.8, 4) is 0 Å². The third-order valence-corrected chi connectivity index (χ3v) is 6.90. The molecule has 3 rings (SSSR count). The summed E-state index contributed by atoms with van der Waals surface area (Å²) in [6.07, 6.45) is 2.44. The predicted octanol–water partition coefficient (Wildman–Crippen LogP) is 3.06. The molecular formula is C22H32BrN3O3.